The van der Waals surface area contributed by atoms with Crippen LogP contribution in [0.5, 0.6) is 0 Å². The van der Waals surface area contributed by atoms with Gasteiger partial charge in [0.25, 0.3) is 0 Å². The molecule has 1 aromatic rings. The quantitative estimate of drug-likeness (QED) is 0.553. The number of fused-ring (bicyclic) bond motifs is 1. The van der Waals surface area contributed by atoms with Gasteiger partial charge >= 0.3 is 0 Å². The molecule has 2 heteroatoms. The molecule has 0 aromatic heterocycles. The molecular formula is C9H9FO. The van der Waals surface area contributed by atoms with Gasteiger partial charge in [0.2, 0.25) is 0 Å². The van der Waals surface area contributed by atoms with E-state index in [0.717, 1.165) is 11.1 Å². The van der Waals surface area contributed by atoms with Crippen molar-refractivity contribution in [2.45, 2.75) is 20.1 Å². The van der Waals surface area contributed by atoms with Crippen LogP contribution in [0.2, 0.25) is 0 Å². The van der Waals surface area contributed by atoms with E-state index in [2.05, 4.69) is 0 Å². The van der Waals surface area contributed by atoms with Crippen LogP contribution < -0.4 is 0 Å². The van der Waals surface area contributed by atoms with Gasteiger partial charge in [-0.3, -0.25) is 0 Å². The van der Waals surface area contributed by atoms with Gasteiger partial charge in [-0.05, 0) is 29.7 Å². The summed E-state index contributed by atoms with van der Waals surface area (Å²) in [6, 6.07) is 3.43. The van der Waals surface area contributed by atoms with Crippen LogP contribution in [0.1, 0.15) is 16.7 Å². The maximum atomic E-state index is 12.9. The summed E-state index contributed by atoms with van der Waals surface area (Å²) in [5.74, 6) is -0.130. The molecular weight excluding hydrogens is 143 g/mol. The Morgan fingerprint density at radius 2 is 1.91 bits per heavy atom. The molecule has 0 fully saturated rings. The summed E-state index contributed by atoms with van der Waals surface area (Å²) >= 11 is 0. The number of hydrogen-bond donors (Lipinski definition) is 0. The zero-order valence-electron chi connectivity index (χ0n) is 6.36. The summed E-state index contributed by atoms with van der Waals surface area (Å²) in [7, 11) is 0. The Bertz CT molecular complexity index is 265. The first-order valence-electron chi connectivity index (χ1n) is 3.63. The molecule has 0 unspecified atom stereocenters. The van der Waals surface area contributed by atoms with E-state index in [4.69, 9.17) is 4.74 Å². The monoisotopic (exact) mass is 152 g/mol. The molecule has 1 aliphatic rings. The smallest absolute Gasteiger partial charge is 0.126 e. The first-order valence-corrected chi connectivity index (χ1v) is 3.63. The van der Waals surface area contributed by atoms with E-state index >= 15 is 0 Å². The number of aryl methyl sites for hydroxylation is 1. The Labute approximate surface area is 64.8 Å². The molecule has 2 rings (SSSR count). The van der Waals surface area contributed by atoms with Gasteiger partial charge in [-0.1, -0.05) is 6.07 Å². The van der Waals surface area contributed by atoms with E-state index in [-0.39, 0.29) is 5.82 Å². The van der Waals surface area contributed by atoms with E-state index in [1.807, 2.05) is 6.07 Å². The van der Waals surface area contributed by atoms with Crippen molar-refractivity contribution in [3.63, 3.8) is 0 Å². The van der Waals surface area contributed by atoms with Crippen molar-refractivity contribution >= 4 is 0 Å². The number of halogens is 1. The Kier molecular flexibility index (Phi) is 1.43. The van der Waals surface area contributed by atoms with E-state index < -0.39 is 0 Å². The van der Waals surface area contributed by atoms with E-state index in [9.17, 15) is 4.39 Å². The average Bonchev–Trinajstić information content (AvgIpc) is 2.36. The molecule has 0 amide bonds. The lowest BCUT2D eigenvalue weighted by Gasteiger charge is -1.99. The molecule has 1 nitrogen and oxygen atoms in total. The molecule has 11 heavy (non-hydrogen) atoms. The molecule has 1 heterocycles. The number of hydrogen-bond acceptors (Lipinski definition) is 1. The lowest BCUT2D eigenvalue weighted by atomic mass is 10.1. The number of benzene rings is 1. The molecule has 0 radical (unpaired) electrons. The lowest BCUT2D eigenvalue weighted by molar-refractivity contribution is 0.134. The van der Waals surface area contributed by atoms with Crippen molar-refractivity contribution < 1.29 is 9.13 Å². The fourth-order valence-electron chi connectivity index (χ4n) is 1.32. The second-order valence-electron chi connectivity index (χ2n) is 2.86. The average molecular weight is 152 g/mol. The van der Waals surface area contributed by atoms with E-state index in [0.29, 0.717) is 18.8 Å². The van der Waals surface area contributed by atoms with E-state index in [1.54, 1.807) is 13.0 Å². The van der Waals surface area contributed by atoms with Crippen LogP contribution in [0, 0.1) is 12.7 Å². The predicted octanol–water partition coefficient (Wildman–Crippen LogP) is 2.16. The topological polar surface area (TPSA) is 9.23 Å². The van der Waals surface area contributed by atoms with Gasteiger partial charge in [0.05, 0.1) is 13.2 Å². The summed E-state index contributed by atoms with van der Waals surface area (Å²) in [6.07, 6.45) is 0. The minimum atomic E-state index is -0.130. The number of rotatable bonds is 0. The van der Waals surface area contributed by atoms with E-state index in [1.165, 1.54) is 0 Å². The van der Waals surface area contributed by atoms with Gasteiger partial charge in [-0.2, -0.15) is 0 Å². The largest absolute Gasteiger partial charge is 0.372 e. The highest BCUT2D eigenvalue weighted by molar-refractivity contribution is 5.33. The fraction of sp³-hybridized carbons (Fsp3) is 0.333. The SMILES string of the molecule is Cc1cc2c(cc1F)COC2. The van der Waals surface area contributed by atoms with Gasteiger partial charge in [-0.15, -0.1) is 0 Å². The van der Waals surface area contributed by atoms with Gasteiger partial charge in [-0.25, -0.2) is 4.39 Å². The first kappa shape index (κ1) is 6.80. The highest BCUT2D eigenvalue weighted by Gasteiger charge is 2.12. The molecule has 0 atom stereocenters. The number of ether oxygens (including phenoxy) is 1. The van der Waals surface area contributed by atoms with Crippen molar-refractivity contribution in [1.29, 1.82) is 0 Å². The predicted molar refractivity (Wildman–Crippen MR) is 39.6 cm³/mol. The van der Waals surface area contributed by atoms with Gasteiger partial charge in [0.1, 0.15) is 5.82 Å². The third-order valence-corrected chi connectivity index (χ3v) is 2.00. The van der Waals surface area contributed by atoms with Crippen LogP contribution in [0.15, 0.2) is 12.1 Å². The van der Waals surface area contributed by atoms with Crippen LogP contribution in [0.3, 0.4) is 0 Å². The van der Waals surface area contributed by atoms with Crippen LogP contribution in [-0.4, -0.2) is 0 Å². The van der Waals surface area contributed by atoms with Crippen molar-refractivity contribution in [3.05, 3.63) is 34.6 Å². The molecule has 1 aromatic carbocycles. The molecule has 1 aliphatic heterocycles. The van der Waals surface area contributed by atoms with Crippen LogP contribution >= 0.6 is 0 Å². The molecule has 0 saturated carbocycles. The summed E-state index contributed by atoms with van der Waals surface area (Å²) in [5, 5.41) is 0. The van der Waals surface area contributed by atoms with Crippen LogP contribution in [-0.2, 0) is 18.0 Å². The molecule has 0 saturated heterocycles. The zero-order chi connectivity index (χ0) is 7.84. The third-order valence-electron chi connectivity index (χ3n) is 2.00. The van der Waals surface area contributed by atoms with Crippen LogP contribution in [0.4, 0.5) is 4.39 Å². The van der Waals surface area contributed by atoms with Gasteiger partial charge in [0.15, 0.2) is 0 Å². The minimum absolute atomic E-state index is 0.130. The molecule has 0 bridgehead atoms. The molecule has 0 N–H and O–H groups in total. The molecule has 58 valence electrons. The molecule has 0 spiro atoms. The van der Waals surface area contributed by atoms with Crippen molar-refractivity contribution in [2.24, 2.45) is 0 Å². The Morgan fingerprint density at radius 1 is 1.27 bits per heavy atom. The highest BCUT2D eigenvalue weighted by Crippen LogP contribution is 2.22. The summed E-state index contributed by atoms with van der Waals surface area (Å²) in [6.45, 7) is 2.97. The second-order valence-corrected chi connectivity index (χ2v) is 2.86. The van der Waals surface area contributed by atoms with Crippen molar-refractivity contribution in [2.75, 3.05) is 0 Å². The maximum absolute atomic E-state index is 12.9. The Balaban J connectivity index is 2.57. The molecule has 0 aliphatic carbocycles. The summed E-state index contributed by atoms with van der Waals surface area (Å²) in [4.78, 5) is 0. The highest BCUT2D eigenvalue weighted by atomic mass is 19.1. The van der Waals surface area contributed by atoms with Crippen molar-refractivity contribution in [1.82, 2.24) is 0 Å². The van der Waals surface area contributed by atoms with Crippen molar-refractivity contribution in [3.8, 4) is 0 Å². The Hall–Kier alpha value is -0.890. The standard InChI is InChI=1S/C9H9FO/c1-6-2-7-4-11-5-8(7)3-9(6)10/h2-3H,4-5H2,1H3. The second kappa shape index (κ2) is 2.31. The Morgan fingerprint density at radius 3 is 2.64 bits per heavy atom. The first-order chi connectivity index (χ1) is 5.27. The lowest BCUT2D eigenvalue weighted by Crippen LogP contribution is -1.88. The summed E-state index contributed by atoms with van der Waals surface area (Å²) in [5.41, 5.74) is 2.83. The fourth-order valence-corrected chi connectivity index (χ4v) is 1.32. The summed E-state index contributed by atoms with van der Waals surface area (Å²) < 4.78 is 18.1. The van der Waals surface area contributed by atoms with Gasteiger partial charge in [0, 0.05) is 0 Å². The minimum Gasteiger partial charge on any atom is -0.372 e. The third kappa shape index (κ3) is 1.03. The zero-order valence-corrected chi connectivity index (χ0v) is 6.36. The normalized spacial score (nSPS) is 15.1. The van der Waals surface area contributed by atoms with Crippen LogP contribution in [0.25, 0.3) is 0 Å². The van der Waals surface area contributed by atoms with Gasteiger partial charge < -0.3 is 4.74 Å². The maximum Gasteiger partial charge on any atom is 0.126 e.